The first-order valence-electron chi connectivity index (χ1n) is 7.56. The van der Waals surface area contributed by atoms with Gasteiger partial charge in [0.15, 0.2) is 0 Å². The largest absolute Gasteiger partial charge is 0.354 e. The molecule has 0 bridgehead atoms. The molecule has 22 heavy (non-hydrogen) atoms. The average Bonchev–Trinajstić information content (AvgIpc) is 3.12. The second-order valence-electron chi connectivity index (χ2n) is 5.81. The van der Waals surface area contributed by atoms with Gasteiger partial charge in [0.25, 0.3) is 0 Å². The molecule has 0 spiro atoms. The zero-order valence-electron chi connectivity index (χ0n) is 12.2. The number of anilines is 1. The van der Waals surface area contributed by atoms with Gasteiger partial charge in [-0.2, -0.15) is 0 Å². The Balaban J connectivity index is 1.51. The van der Waals surface area contributed by atoms with Gasteiger partial charge in [-0.3, -0.25) is 14.4 Å². The predicted octanol–water partition coefficient (Wildman–Crippen LogP) is 0.434. The molecule has 2 aliphatic heterocycles. The maximum absolute atomic E-state index is 12.1. The van der Waals surface area contributed by atoms with E-state index in [-0.39, 0.29) is 23.6 Å². The number of hydrogen-bond acceptors (Lipinski definition) is 3. The molecule has 2 unspecified atom stereocenters. The molecule has 2 saturated heterocycles. The van der Waals surface area contributed by atoms with E-state index in [1.165, 1.54) is 0 Å². The van der Waals surface area contributed by atoms with E-state index in [1.54, 1.807) is 4.90 Å². The van der Waals surface area contributed by atoms with Crippen LogP contribution in [0.5, 0.6) is 0 Å². The normalized spacial score (nSPS) is 24.5. The number of nitrogens with zero attached hydrogens (tertiary/aromatic N) is 1. The number of carbonyl (C=O) groups is 3. The zero-order valence-corrected chi connectivity index (χ0v) is 12.2. The van der Waals surface area contributed by atoms with Crippen LogP contribution in [-0.4, -0.2) is 36.9 Å². The van der Waals surface area contributed by atoms with Crippen LogP contribution in [0.1, 0.15) is 19.3 Å². The van der Waals surface area contributed by atoms with E-state index in [0.29, 0.717) is 32.4 Å². The summed E-state index contributed by atoms with van der Waals surface area (Å²) in [6.45, 7) is 1.07. The van der Waals surface area contributed by atoms with Gasteiger partial charge < -0.3 is 15.5 Å². The van der Waals surface area contributed by atoms with Crippen molar-refractivity contribution in [2.24, 2.45) is 5.92 Å². The van der Waals surface area contributed by atoms with Crippen molar-refractivity contribution in [2.45, 2.75) is 25.3 Å². The van der Waals surface area contributed by atoms with Gasteiger partial charge in [-0.1, -0.05) is 18.2 Å². The van der Waals surface area contributed by atoms with E-state index in [9.17, 15) is 14.4 Å². The number of carbonyl (C=O) groups excluding carboxylic acids is 3. The van der Waals surface area contributed by atoms with Gasteiger partial charge in [-0.05, 0) is 18.6 Å². The number of hydrogen-bond donors (Lipinski definition) is 2. The first-order chi connectivity index (χ1) is 10.6. The summed E-state index contributed by atoms with van der Waals surface area (Å²) in [6, 6.07) is 9.12. The summed E-state index contributed by atoms with van der Waals surface area (Å²) in [6.07, 6.45) is 1.39. The van der Waals surface area contributed by atoms with Crippen LogP contribution in [0.15, 0.2) is 30.3 Å². The fraction of sp³-hybridized carbons (Fsp3) is 0.438. The van der Waals surface area contributed by atoms with E-state index in [0.717, 1.165) is 5.69 Å². The summed E-state index contributed by atoms with van der Waals surface area (Å²) in [5, 5.41) is 5.49. The molecule has 6 heteroatoms. The highest BCUT2D eigenvalue weighted by Gasteiger charge is 2.32. The number of para-hydroxylation sites is 1. The molecule has 1 aromatic carbocycles. The van der Waals surface area contributed by atoms with Gasteiger partial charge in [0.2, 0.25) is 17.7 Å². The SMILES string of the molecule is O=C1CCC(C(=O)NCC2CC(=O)N(c3ccccc3)C2)N1. The van der Waals surface area contributed by atoms with Crippen molar-refractivity contribution in [3.05, 3.63) is 30.3 Å². The second-order valence-corrected chi connectivity index (χ2v) is 5.81. The standard InChI is InChI=1S/C16H19N3O3/c20-14-7-6-13(18-14)16(22)17-9-11-8-15(21)19(10-11)12-4-2-1-3-5-12/h1-5,11,13H,6-10H2,(H,17,22)(H,18,20). The monoisotopic (exact) mass is 301 g/mol. The van der Waals surface area contributed by atoms with Crippen molar-refractivity contribution >= 4 is 23.4 Å². The maximum Gasteiger partial charge on any atom is 0.242 e. The predicted molar refractivity (Wildman–Crippen MR) is 81.1 cm³/mol. The van der Waals surface area contributed by atoms with Gasteiger partial charge in [-0.15, -0.1) is 0 Å². The van der Waals surface area contributed by atoms with Crippen LogP contribution in [0.4, 0.5) is 5.69 Å². The summed E-state index contributed by atoms with van der Waals surface area (Å²) >= 11 is 0. The molecule has 6 nitrogen and oxygen atoms in total. The van der Waals surface area contributed by atoms with Crippen molar-refractivity contribution in [1.29, 1.82) is 0 Å². The van der Waals surface area contributed by atoms with Gasteiger partial charge in [0, 0.05) is 37.5 Å². The van der Waals surface area contributed by atoms with Crippen LogP contribution in [-0.2, 0) is 14.4 Å². The van der Waals surface area contributed by atoms with E-state index in [1.807, 2.05) is 30.3 Å². The lowest BCUT2D eigenvalue weighted by Gasteiger charge is -2.17. The fourth-order valence-corrected chi connectivity index (χ4v) is 2.95. The molecule has 3 rings (SSSR count). The van der Waals surface area contributed by atoms with Crippen LogP contribution < -0.4 is 15.5 Å². The Hall–Kier alpha value is -2.37. The van der Waals surface area contributed by atoms with Crippen molar-refractivity contribution in [2.75, 3.05) is 18.0 Å². The lowest BCUT2D eigenvalue weighted by molar-refractivity contribution is -0.125. The molecule has 0 saturated carbocycles. The van der Waals surface area contributed by atoms with Gasteiger partial charge in [-0.25, -0.2) is 0 Å². The van der Waals surface area contributed by atoms with Crippen LogP contribution in [0.2, 0.25) is 0 Å². The molecule has 2 heterocycles. The minimum absolute atomic E-state index is 0.0774. The Labute approximate surface area is 128 Å². The molecule has 2 fully saturated rings. The highest BCUT2D eigenvalue weighted by molar-refractivity contribution is 5.96. The summed E-state index contributed by atoms with van der Waals surface area (Å²) in [5.41, 5.74) is 0.893. The molecule has 0 aromatic heterocycles. The number of amides is 3. The Morgan fingerprint density at radius 3 is 2.73 bits per heavy atom. The molecule has 2 aliphatic rings. The number of rotatable bonds is 4. The molecule has 2 atom stereocenters. The molecule has 1 aromatic rings. The quantitative estimate of drug-likeness (QED) is 0.847. The molecule has 3 amide bonds. The average molecular weight is 301 g/mol. The van der Waals surface area contributed by atoms with E-state index < -0.39 is 6.04 Å². The first-order valence-corrected chi connectivity index (χ1v) is 7.56. The Morgan fingerprint density at radius 1 is 1.27 bits per heavy atom. The Kier molecular flexibility index (Phi) is 4.09. The van der Waals surface area contributed by atoms with Crippen molar-refractivity contribution < 1.29 is 14.4 Å². The molecule has 0 aliphatic carbocycles. The van der Waals surface area contributed by atoms with Gasteiger partial charge in [0.05, 0.1) is 0 Å². The lowest BCUT2D eigenvalue weighted by Crippen LogP contribution is -2.43. The van der Waals surface area contributed by atoms with Crippen LogP contribution in [0, 0.1) is 5.92 Å². The van der Waals surface area contributed by atoms with Crippen LogP contribution in [0.3, 0.4) is 0 Å². The third-order valence-corrected chi connectivity index (χ3v) is 4.15. The maximum atomic E-state index is 12.1. The van der Waals surface area contributed by atoms with Crippen molar-refractivity contribution in [1.82, 2.24) is 10.6 Å². The third-order valence-electron chi connectivity index (χ3n) is 4.15. The molecule has 0 radical (unpaired) electrons. The topological polar surface area (TPSA) is 78.5 Å². The van der Waals surface area contributed by atoms with Gasteiger partial charge in [0.1, 0.15) is 6.04 Å². The minimum Gasteiger partial charge on any atom is -0.354 e. The van der Waals surface area contributed by atoms with Gasteiger partial charge >= 0.3 is 0 Å². The van der Waals surface area contributed by atoms with E-state index in [2.05, 4.69) is 10.6 Å². The number of benzene rings is 1. The van der Waals surface area contributed by atoms with Crippen molar-refractivity contribution in [3.8, 4) is 0 Å². The zero-order chi connectivity index (χ0) is 15.5. The second kappa shape index (κ2) is 6.17. The molecule has 116 valence electrons. The third kappa shape index (κ3) is 3.10. The fourth-order valence-electron chi connectivity index (χ4n) is 2.95. The molecular formula is C16H19N3O3. The lowest BCUT2D eigenvalue weighted by atomic mass is 10.1. The van der Waals surface area contributed by atoms with E-state index >= 15 is 0 Å². The summed E-state index contributed by atoms with van der Waals surface area (Å²) < 4.78 is 0. The molecule has 2 N–H and O–H groups in total. The van der Waals surface area contributed by atoms with Crippen molar-refractivity contribution in [3.63, 3.8) is 0 Å². The molecular weight excluding hydrogens is 282 g/mol. The smallest absolute Gasteiger partial charge is 0.242 e. The Morgan fingerprint density at radius 2 is 2.05 bits per heavy atom. The minimum atomic E-state index is -0.421. The number of nitrogens with one attached hydrogen (secondary N) is 2. The summed E-state index contributed by atoms with van der Waals surface area (Å²) in [4.78, 5) is 36.9. The van der Waals surface area contributed by atoms with E-state index in [4.69, 9.17) is 0 Å². The summed E-state index contributed by atoms with van der Waals surface area (Å²) in [5.74, 6) is -0.0451. The summed E-state index contributed by atoms with van der Waals surface area (Å²) in [7, 11) is 0. The Bertz CT molecular complexity index is 588. The first kappa shape index (κ1) is 14.6. The van der Waals surface area contributed by atoms with Crippen LogP contribution in [0.25, 0.3) is 0 Å². The van der Waals surface area contributed by atoms with Crippen LogP contribution >= 0.6 is 0 Å². The highest BCUT2D eigenvalue weighted by Crippen LogP contribution is 2.24. The highest BCUT2D eigenvalue weighted by atomic mass is 16.2.